The number of aryl methyl sites for hydroxylation is 1. The molecule has 0 radical (unpaired) electrons. The van der Waals surface area contributed by atoms with Gasteiger partial charge < -0.3 is 19.9 Å². The third-order valence-electron chi connectivity index (χ3n) is 7.05. The van der Waals surface area contributed by atoms with Crippen LogP contribution in [0.25, 0.3) is 16.7 Å². The predicted octanol–water partition coefficient (Wildman–Crippen LogP) is 7.28. The summed E-state index contributed by atoms with van der Waals surface area (Å²) >= 11 is 0. The van der Waals surface area contributed by atoms with Gasteiger partial charge in [0, 0.05) is 31.9 Å². The van der Waals surface area contributed by atoms with E-state index >= 15 is 0 Å². The van der Waals surface area contributed by atoms with Crippen molar-refractivity contribution in [3.8, 4) is 11.1 Å². The maximum Gasteiger partial charge on any atom is 0.410 e. The Morgan fingerprint density at radius 2 is 1.86 bits per heavy atom. The highest BCUT2D eigenvalue weighted by molar-refractivity contribution is 5.79. The molecule has 1 N–H and O–H groups in total. The molecule has 6 heteroatoms. The quantitative estimate of drug-likeness (QED) is 0.383. The molecule has 1 aromatic heterocycles. The van der Waals surface area contributed by atoms with Crippen LogP contribution in [0.4, 0.5) is 16.3 Å². The second kappa shape index (κ2) is 12.0. The molecule has 0 unspecified atom stereocenters. The van der Waals surface area contributed by atoms with Gasteiger partial charge in [-0.2, -0.15) is 0 Å². The number of pyridine rings is 1. The summed E-state index contributed by atoms with van der Waals surface area (Å²) in [6, 6.07) is 11.2. The van der Waals surface area contributed by atoms with Crippen LogP contribution in [0, 0.1) is 6.92 Å². The Morgan fingerprint density at radius 1 is 1.08 bits per heavy atom. The van der Waals surface area contributed by atoms with Gasteiger partial charge in [-0.15, -0.1) is 0 Å². The number of carbonyl (C=O) groups is 1. The number of nitrogens with one attached hydrogen (secondary N) is 1. The molecule has 4 rings (SSSR count). The van der Waals surface area contributed by atoms with Gasteiger partial charge in [-0.25, -0.2) is 9.78 Å². The summed E-state index contributed by atoms with van der Waals surface area (Å²) in [6.07, 6.45) is 8.79. The summed E-state index contributed by atoms with van der Waals surface area (Å²) in [5.74, 6) is 0.893. The Bertz CT molecular complexity index is 1110. The minimum atomic E-state index is -0.510. The zero-order valence-electron chi connectivity index (χ0n) is 23.4. The van der Waals surface area contributed by atoms with E-state index < -0.39 is 5.60 Å². The van der Waals surface area contributed by atoms with Gasteiger partial charge in [0.25, 0.3) is 0 Å². The zero-order valence-corrected chi connectivity index (χ0v) is 23.4. The van der Waals surface area contributed by atoms with E-state index in [2.05, 4.69) is 60.5 Å². The van der Waals surface area contributed by atoms with E-state index in [-0.39, 0.29) is 6.09 Å². The summed E-state index contributed by atoms with van der Waals surface area (Å²) < 4.78 is 5.65. The molecule has 37 heavy (non-hydrogen) atoms. The topological polar surface area (TPSA) is 57.7 Å². The molecule has 0 saturated carbocycles. The van der Waals surface area contributed by atoms with E-state index in [0.717, 1.165) is 55.1 Å². The number of ether oxygens (including phenoxy) is 1. The van der Waals surface area contributed by atoms with Gasteiger partial charge in [-0.1, -0.05) is 31.9 Å². The number of unbranched alkanes of at least 4 members (excludes halogenated alkanes) is 2. The minimum Gasteiger partial charge on any atom is -0.444 e. The van der Waals surface area contributed by atoms with Gasteiger partial charge in [0.15, 0.2) is 0 Å². The highest BCUT2D eigenvalue weighted by Crippen LogP contribution is 2.33. The monoisotopic (exact) mass is 504 g/mol. The number of hydrogen-bond donors (Lipinski definition) is 1. The lowest BCUT2D eigenvalue weighted by Gasteiger charge is -2.30. The van der Waals surface area contributed by atoms with Crippen molar-refractivity contribution in [2.24, 2.45) is 0 Å². The molecule has 2 aliphatic rings. The summed E-state index contributed by atoms with van der Waals surface area (Å²) in [6.45, 7) is 14.5. The summed E-state index contributed by atoms with van der Waals surface area (Å²) in [7, 11) is 0. The first-order chi connectivity index (χ1) is 17.7. The number of rotatable bonds is 8. The van der Waals surface area contributed by atoms with E-state index in [1.165, 1.54) is 42.5 Å². The second-order valence-electron chi connectivity index (χ2n) is 11.4. The lowest BCUT2D eigenvalue weighted by Crippen LogP contribution is -2.39. The first kappa shape index (κ1) is 27.0. The SMILES string of the molecule is CCCCCNc1cc(-c2cc(N3CCCC3)ccc2C)cc(C2=CCCN(C(=O)OC(C)(C)C)C2)n1. The summed E-state index contributed by atoms with van der Waals surface area (Å²) in [5.41, 5.74) is 6.44. The number of carbonyl (C=O) groups excluding carboxylic acids is 1. The Hall–Kier alpha value is -3.02. The van der Waals surface area contributed by atoms with Crippen molar-refractivity contribution in [3.63, 3.8) is 0 Å². The van der Waals surface area contributed by atoms with E-state index in [1.807, 2.05) is 20.8 Å². The lowest BCUT2D eigenvalue weighted by molar-refractivity contribution is 0.0273. The minimum absolute atomic E-state index is 0.263. The third kappa shape index (κ3) is 7.27. The molecular formula is C31H44N4O2. The molecule has 0 atom stereocenters. The average molecular weight is 505 g/mol. The molecule has 0 spiro atoms. The van der Waals surface area contributed by atoms with E-state index in [9.17, 15) is 4.79 Å². The molecule has 200 valence electrons. The number of hydrogen-bond acceptors (Lipinski definition) is 5. The molecular weight excluding hydrogens is 460 g/mol. The number of anilines is 2. The maximum atomic E-state index is 12.8. The van der Waals surface area contributed by atoms with Crippen LogP contribution < -0.4 is 10.2 Å². The van der Waals surface area contributed by atoms with Gasteiger partial charge in [-0.3, -0.25) is 0 Å². The fourth-order valence-electron chi connectivity index (χ4n) is 5.04. The van der Waals surface area contributed by atoms with Gasteiger partial charge >= 0.3 is 6.09 Å². The molecule has 1 amide bonds. The van der Waals surface area contributed by atoms with Gasteiger partial charge in [-0.05, 0) is 99.9 Å². The standard InChI is InChI=1S/C31H44N4O2/c1-6-7-8-15-32-29-20-25(27-21-26(14-13-23(27)2)34-16-9-10-17-34)19-28(33-29)24-12-11-18-35(22-24)30(36)37-31(3,4)5/h12-14,19-21H,6-11,15-18,22H2,1-5H3,(H,32,33). The smallest absolute Gasteiger partial charge is 0.410 e. The predicted molar refractivity (Wildman–Crippen MR) is 154 cm³/mol. The first-order valence-electron chi connectivity index (χ1n) is 14.0. The Labute approximate surface area is 223 Å². The maximum absolute atomic E-state index is 12.8. The van der Waals surface area contributed by atoms with Crippen molar-refractivity contribution in [2.45, 2.75) is 78.7 Å². The molecule has 2 aromatic rings. The molecule has 1 fully saturated rings. The van der Waals surface area contributed by atoms with Crippen LogP contribution >= 0.6 is 0 Å². The molecule has 1 aromatic carbocycles. The molecule has 6 nitrogen and oxygen atoms in total. The van der Waals surface area contributed by atoms with Crippen molar-refractivity contribution in [1.29, 1.82) is 0 Å². The van der Waals surface area contributed by atoms with Crippen LogP contribution in [0.1, 0.15) is 77.5 Å². The highest BCUT2D eigenvalue weighted by atomic mass is 16.6. The van der Waals surface area contributed by atoms with E-state index in [4.69, 9.17) is 9.72 Å². The average Bonchev–Trinajstić information content (AvgIpc) is 3.41. The first-order valence-corrected chi connectivity index (χ1v) is 14.0. The lowest BCUT2D eigenvalue weighted by atomic mass is 9.97. The zero-order chi connectivity index (χ0) is 26.4. The van der Waals surface area contributed by atoms with Crippen LogP contribution in [0.2, 0.25) is 0 Å². The highest BCUT2D eigenvalue weighted by Gasteiger charge is 2.25. The number of aromatic nitrogens is 1. The molecule has 1 saturated heterocycles. The second-order valence-corrected chi connectivity index (χ2v) is 11.4. The van der Waals surface area contributed by atoms with Crippen LogP contribution in [-0.2, 0) is 4.74 Å². The Balaban J connectivity index is 1.65. The van der Waals surface area contributed by atoms with Crippen molar-refractivity contribution < 1.29 is 9.53 Å². The Morgan fingerprint density at radius 3 is 2.59 bits per heavy atom. The fourth-order valence-corrected chi connectivity index (χ4v) is 5.04. The summed E-state index contributed by atoms with van der Waals surface area (Å²) in [5, 5.41) is 3.57. The molecule has 0 bridgehead atoms. The summed E-state index contributed by atoms with van der Waals surface area (Å²) in [4.78, 5) is 22.1. The van der Waals surface area contributed by atoms with Crippen LogP contribution in [0.3, 0.4) is 0 Å². The van der Waals surface area contributed by atoms with Gasteiger partial charge in [0.2, 0.25) is 0 Å². The Kier molecular flexibility index (Phi) is 8.78. The van der Waals surface area contributed by atoms with Gasteiger partial charge in [0.05, 0.1) is 12.2 Å². The largest absolute Gasteiger partial charge is 0.444 e. The number of amides is 1. The van der Waals surface area contributed by atoms with Crippen molar-refractivity contribution in [3.05, 3.63) is 47.7 Å². The molecule has 2 aliphatic heterocycles. The van der Waals surface area contributed by atoms with Crippen LogP contribution in [-0.4, -0.2) is 54.3 Å². The van der Waals surface area contributed by atoms with Crippen molar-refractivity contribution in [2.75, 3.05) is 42.9 Å². The third-order valence-corrected chi connectivity index (χ3v) is 7.05. The van der Waals surface area contributed by atoms with Crippen molar-refractivity contribution in [1.82, 2.24) is 9.88 Å². The molecule has 0 aliphatic carbocycles. The molecule has 3 heterocycles. The number of benzene rings is 1. The van der Waals surface area contributed by atoms with Crippen molar-refractivity contribution >= 4 is 23.2 Å². The normalized spacial score (nSPS) is 16.1. The fraction of sp³-hybridized carbons (Fsp3) is 0.548. The van der Waals surface area contributed by atoms with Crippen LogP contribution in [0.15, 0.2) is 36.4 Å². The number of nitrogens with zero attached hydrogens (tertiary/aromatic N) is 3. The van der Waals surface area contributed by atoms with E-state index in [0.29, 0.717) is 13.1 Å². The van der Waals surface area contributed by atoms with Crippen LogP contribution in [0.5, 0.6) is 0 Å². The van der Waals surface area contributed by atoms with E-state index in [1.54, 1.807) is 4.90 Å². The van der Waals surface area contributed by atoms with Gasteiger partial charge in [0.1, 0.15) is 11.4 Å².